The van der Waals surface area contributed by atoms with Crippen molar-refractivity contribution in [3.63, 3.8) is 0 Å². The van der Waals surface area contributed by atoms with E-state index in [1.165, 1.54) is 32.8 Å². The highest BCUT2D eigenvalue weighted by Gasteiger charge is 2.21. The molecule has 1 saturated carbocycles. The molecule has 1 aromatic carbocycles. The van der Waals surface area contributed by atoms with Crippen molar-refractivity contribution in [1.29, 1.82) is 0 Å². The van der Waals surface area contributed by atoms with Crippen LogP contribution in [0.25, 0.3) is 0 Å². The number of halogens is 1. The molecule has 4 heteroatoms. The maximum absolute atomic E-state index is 11.6. The summed E-state index contributed by atoms with van der Waals surface area (Å²) >= 11 is 6.01. The number of carbonyl (C=O) groups is 1. The molecule has 0 radical (unpaired) electrons. The van der Waals surface area contributed by atoms with Gasteiger partial charge in [0.1, 0.15) is 0 Å². The summed E-state index contributed by atoms with van der Waals surface area (Å²) in [5, 5.41) is 3.94. The molecule has 0 heterocycles. The Morgan fingerprint density at radius 1 is 1.37 bits per heavy atom. The van der Waals surface area contributed by atoms with Crippen LogP contribution in [0.3, 0.4) is 0 Å². The van der Waals surface area contributed by atoms with Gasteiger partial charge in [-0.1, -0.05) is 31.4 Å². The highest BCUT2D eigenvalue weighted by molar-refractivity contribution is 6.33. The van der Waals surface area contributed by atoms with Crippen LogP contribution in [0.2, 0.25) is 5.02 Å². The van der Waals surface area contributed by atoms with Gasteiger partial charge in [-0.2, -0.15) is 0 Å². The van der Waals surface area contributed by atoms with Gasteiger partial charge in [-0.15, -0.1) is 0 Å². The van der Waals surface area contributed by atoms with E-state index >= 15 is 0 Å². The highest BCUT2D eigenvalue weighted by Crippen LogP contribution is 2.28. The predicted octanol–water partition coefficient (Wildman–Crippen LogP) is 4.12. The molecule has 0 saturated heterocycles. The molecule has 0 bridgehead atoms. The van der Waals surface area contributed by atoms with Crippen molar-refractivity contribution < 1.29 is 9.53 Å². The SMILES string of the molecule is COC(=O)c1cc(NC2CCCCC2C)ccc1Cl. The van der Waals surface area contributed by atoms with Crippen LogP contribution in [-0.2, 0) is 4.74 Å². The maximum atomic E-state index is 11.6. The van der Waals surface area contributed by atoms with E-state index in [4.69, 9.17) is 16.3 Å². The largest absolute Gasteiger partial charge is 0.465 e. The Morgan fingerprint density at radius 2 is 2.11 bits per heavy atom. The van der Waals surface area contributed by atoms with Gasteiger partial charge >= 0.3 is 5.97 Å². The van der Waals surface area contributed by atoms with E-state index < -0.39 is 5.97 Å². The van der Waals surface area contributed by atoms with E-state index in [1.54, 1.807) is 12.1 Å². The van der Waals surface area contributed by atoms with Gasteiger partial charge in [-0.05, 0) is 37.0 Å². The lowest BCUT2D eigenvalue weighted by Crippen LogP contribution is -2.30. The van der Waals surface area contributed by atoms with Gasteiger partial charge in [-0.25, -0.2) is 4.79 Å². The summed E-state index contributed by atoms with van der Waals surface area (Å²) in [6.45, 7) is 2.27. The first kappa shape index (κ1) is 14.2. The highest BCUT2D eigenvalue weighted by atomic mass is 35.5. The van der Waals surface area contributed by atoms with Crippen LogP contribution in [0.4, 0.5) is 5.69 Å². The molecule has 3 nitrogen and oxygen atoms in total. The molecular formula is C15H20ClNO2. The molecule has 2 rings (SSSR count). The van der Waals surface area contributed by atoms with Gasteiger partial charge < -0.3 is 10.1 Å². The Bertz CT molecular complexity index is 461. The lowest BCUT2D eigenvalue weighted by Gasteiger charge is -2.30. The van der Waals surface area contributed by atoms with Crippen LogP contribution in [0.1, 0.15) is 43.0 Å². The fourth-order valence-corrected chi connectivity index (χ4v) is 2.82. The van der Waals surface area contributed by atoms with Crippen LogP contribution in [0.15, 0.2) is 18.2 Å². The number of hydrogen-bond acceptors (Lipinski definition) is 3. The minimum atomic E-state index is -0.398. The number of methoxy groups -OCH3 is 1. The Balaban J connectivity index is 2.14. The molecule has 2 atom stereocenters. The van der Waals surface area contributed by atoms with Gasteiger partial charge in [0.05, 0.1) is 17.7 Å². The molecule has 104 valence electrons. The van der Waals surface area contributed by atoms with E-state index in [0.717, 1.165) is 5.69 Å². The predicted molar refractivity (Wildman–Crippen MR) is 77.8 cm³/mol. The number of anilines is 1. The topological polar surface area (TPSA) is 38.3 Å². The third-order valence-electron chi connectivity index (χ3n) is 3.84. The standard InChI is InChI=1S/C15H20ClNO2/c1-10-5-3-4-6-14(10)17-11-7-8-13(16)12(9-11)15(18)19-2/h7-10,14,17H,3-6H2,1-2H3. The van der Waals surface area contributed by atoms with Gasteiger partial charge in [0.25, 0.3) is 0 Å². The molecule has 2 unspecified atom stereocenters. The first-order chi connectivity index (χ1) is 9.11. The molecule has 1 aliphatic carbocycles. The van der Waals surface area contributed by atoms with Crippen molar-refractivity contribution in [3.8, 4) is 0 Å². The van der Waals surface area contributed by atoms with Crippen LogP contribution in [0, 0.1) is 5.92 Å². The summed E-state index contributed by atoms with van der Waals surface area (Å²) in [4.78, 5) is 11.6. The van der Waals surface area contributed by atoms with E-state index in [0.29, 0.717) is 22.5 Å². The first-order valence-corrected chi connectivity index (χ1v) is 7.14. The molecule has 0 amide bonds. The molecule has 1 aromatic rings. The molecule has 1 aliphatic rings. The average Bonchev–Trinajstić information content (AvgIpc) is 2.42. The summed E-state index contributed by atoms with van der Waals surface area (Å²) in [7, 11) is 1.36. The second kappa shape index (κ2) is 6.29. The van der Waals surface area contributed by atoms with Crippen molar-refractivity contribution >= 4 is 23.3 Å². The molecule has 0 spiro atoms. The third kappa shape index (κ3) is 3.41. The van der Waals surface area contributed by atoms with E-state index in [2.05, 4.69) is 12.2 Å². The number of rotatable bonds is 3. The minimum absolute atomic E-state index is 0.398. The van der Waals surface area contributed by atoms with Crippen LogP contribution in [0.5, 0.6) is 0 Å². The summed E-state index contributed by atoms with van der Waals surface area (Å²) < 4.78 is 4.73. The smallest absolute Gasteiger partial charge is 0.339 e. The van der Waals surface area contributed by atoms with Crippen molar-refractivity contribution in [3.05, 3.63) is 28.8 Å². The van der Waals surface area contributed by atoms with E-state index in [-0.39, 0.29) is 0 Å². The monoisotopic (exact) mass is 281 g/mol. The van der Waals surface area contributed by atoms with Crippen molar-refractivity contribution in [2.75, 3.05) is 12.4 Å². The molecule has 1 fully saturated rings. The average molecular weight is 282 g/mol. The quantitative estimate of drug-likeness (QED) is 0.847. The van der Waals surface area contributed by atoms with Crippen molar-refractivity contribution in [2.24, 2.45) is 5.92 Å². The molecule has 19 heavy (non-hydrogen) atoms. The van der Waals surface area contributed by atoms with E-state index in [9.17, 15) is 4.79 Å². The lowest BCUT2D eigenvalue weighted by molar-refractivity contribution is 0.0601. The lowest BCUT2D eigenvalue weighted by atomic mass is 9.86. The number of nitrogens with one attached hydrogen (secondary N) is 1. The molecule has 1 N–H and O–H groups in total. The summed E-state index contributed by atoms with van der Waals surface area (Å²) in [5.74, 6) is 0.261. The summed E-state index contributed by atoms with van der Waals surface area (Å²) in [5.41, 5.74) is 1.35. The molecule has 0 aliphatic heterocycles. The van der Waals surface area contributed by atoms with E-state index in [1.807, 2.05) is 6.07 Å². The number of hydrogen-bond donors (Lipinski definition) is 1. The zero-order valence-electron chi connectivity index (χ0n) is 11.4. The third-order valence-corrected chi connectivity index (χ3v) is 4.16. The van der Waals surface area contributed by atoms with Gasteiger partial charge in [0, 0.05) is 11.7 Å². The Hall–Kier alpha value is -1.22. The number of carbonyl (C=O) groups excluding carboxylic acids is 1. The zero-order chi connectivity index (χ0) is 13.8. The fourth-order valence-electron chi connectivity index (χ4n) is 2.63. The number of ether oxygens (including phenoxy) is 1. The zero-order valence-corrected chi connectivity index (χ0v) is 12.2. The van der Waals surface area contributed by atoms with Crippen LogP contribution >= 0.6 is 11.6 Å². The van der Waals surface area contributed by atoms with Gasteiger partial charge in [0.15, 0.2) is 0 Å². The Morgan fingerprint density at radius 3 is 2.79 bits per heavy atom. The summed E-state index contributed by atoms with van der Waals surface area (Å²) in [6.07, 6.45) is 5.01. The summed E-state index contributed by atoms with van der Waals surface area (Å²) in [6, 6.07) is 5.90. The van der Waals surface area contributed by atoms with Gasteiger partial charge in [-0.3, -0.25) is 0 Å². The van der Waals surface area contributed by atoms with Gasteiger partial charge in [0.2, 0.25) is 0 Å². The molecular weight excluding hydrogens is 262 g/mol. The first-order valence-electron chi connectivity index (χ1n) is 6.76. The van der Waals surface area contributed by atoms with Crippen LogP contribution in [-0.4, -0.2) is 19.1 Å². The second-order valence-electron chi connectivity index (χ2n) is 5.20. The Labute approximate surface area is 119 Å². The Kier molecular flexibility index (Phi) is 4.70. The number of benzene rings is 1. The maximum Gasteiger partial charge on any atom is 0.339 e. The minimum Gasteiger partial charge on any atom is -0.465 e. The second-order valence-corrected chi connectivity index (χ2v) is 5.61. The number of esters is 1. The fraction of sp³-hybridized carbons (Fsp3) is 0.533. The van der Waals surface area contributed by atoms with Crippen LogP contribution < -0.4 is 5.32 Å². The molecule has 0 aromatic heterocycles. The van der Waals surface area contributed by atoms with Crippen molar-refractivity contribution in [1.82, 2.24) is 0 Å². The normalized spacial score (nSPS) is 22.9. The van der Waals surface area contributed by atoms with Crippen molar-refractivity contribution in [2.45, 2.75) is 38.6 Å².